The van der Waals surface area contributed by atoms with Crippen molar-refractivity contribution in [1.29, 1.82) is 0 Å². The van der Waals surface area contributed by atoms with Gasteiger partial charge in [0.05, 0.1) is 5.41 Å². The van der Waals surface area contributed by atoms with Crippen molar-refractivity contribution in [3.8, 4) is 0 Å². The van der Waals surface area contributed by atoms with Gasteiger partial charge in [-0.25, -0.2) is 0 Å². The highest BCUT2D eigenvalue weighted by Crippen LogP contribution is 2.33. The van der Waals surface area contributed by atoms with Crippen molar-refractivity contribution >= 4 is 17.6 Å². The zero-order valence-corrected chi connectivity index (χ0v) is 12.3. The number of benzene rings is 2. The molecular formula is C17H17ClO2. The normalized spacial score (nSPS) is 13.8. The fourth-order valence-electron chi connectivity index (χ4n) is 2.43. The van der Waals surface area contributed by atoms with Gasteiger partial charge in [-0.05, 0) is 37.5 Å². The molecule has 0 aliphatic rings. The smallest absolute Gasteiger partial charge is 0.314 e. The number of carboxylic acid groups (broad SMARTS) is 1. The summed E-state index contributed by atoms with van der Waals surface area (Å²) in [4.78, 5) is 11.8. The first kappa shape index (κ1) is 14.6. The Bertz CT molecular complexity index is 636. The summed E-state index contributed by atoms with van der Waals surface area (Å²) >= 11 is 6.19. The van der Waals surface area contributed by atoms with E-state index in [1.807, 2.05) is 37.3 Å². The highest BCUT2D eigenvalue weighted by atomic mass is 35.5. The summed E-state index contributed by atoms with van der Waals surface area (Å²) in [5, 5.41) is 10.2. The van der Waals surface area contributed by atoms with Crippen LogP contribution >= 0.6 is 11.6 Å². The minimum absolute atomic E-state index is 0.410. The van der Waals surface area contributed by atoms with Crippen LogP contribution in [0.5, 0.6) is 0 Å². The molecule has 1 unspecified atom stereocenters. The molecule has 0 amide bonds. The van der Waals surface area contributed by atoms with Gasteiger partial charge in [0, 0.05) is 5.02 Å². The lowest BCUT2D eigenvalue weighted by atomic mass is 9.77. The molecule has 0 heterocycles. The van der Waals surface area contributed by atoms with Gasteiger partial charge in [-0.1, -0.05) is 59.6 Å². The van der Waals surface area contributed by atoms with Crippen LogP contribution < -0.4 is 0 Å². The van der Waals surface area contributed by atoms with E-state index < -0.39 is 11.4 Å². The Hall–Kier alpha value is -1.80. The van der Waals surface area contributed by atoms with Gasteiger partial charge < -0.3 is 5.11 Å². The summed E-state index contributed by atoms with van der Waals surface area (Å²) in [5.74, 6) is -0.868. The summed E-state index contributed by atoms with van der Waals surface area (Å²) < 4.78 is 0. The molecule has 104 valence electrons. The standard InChI is InChI=1S/C17H17ClO2/c1-12-6-5-7-13(10-12)11-17(2,16(19)20)14-8-3-4-9-15(14)18/h3-10H,11H2,1-2H3,(H,19,20). The molecule has 0 saturated heterocycles. The Balaban J connectivity index is 2.46. The van der Waals surface area contributed by atoms with Crippen LogP contribution in [0, 0.1) is 6.92 Å². The highest BCUT2D eigenvalue weighted by Gasteiger charge is 2.36. The number of carbonyl (C=O) groups is 1. The zero-order chi connectivity index (χ0) is 14.8. The zero-order valence-electron chi connectivity index (χ0n) is 11.6. The minimum atomic E-state index is -1.04. The van der Waals surface area contributed by atoms with Gasteiger partial charge in [0.15, 0.2) is 0 Å². The van der Waals surface area contributed by atoms with E-state index in [-0.39, 0.29) is 0 Å². The van der Waals surface area contributed by atoms with Crippen molar-refractivity contribution in [1.82, 2.24) is 0 Å². The summed E-state index contributed by atoms with van der Waals surface area (Å²) in [6, 6.07) is 15.0. The number of halogens is 1. The second-order valence-corrected chi connectivity index (χ2v) is 5.69. The summed E-state index contributed by atoms with van der Waals surface area (Å²) in [6.07, 6.45) is 0.410. The molecule has 3 heteroatoms. The van der Waals surface area contributed by atoms with E-state index >= 15 is 0 Å². The number of aliphatic carboxylic acids is 1. The number of carboxylic acids is 1. The second-order valence-electron chi connectivity index (χ2n) is 5.28. The van der Waals surface area contributed by atoms with E-state index in [9.17, 15) is 9.90 Å². The molecule has 0 aliphatic carbocycles. The first-order valence-electron chi connectivity index (χ1n) is 6.47. The van der Waals surface area contributed by atoms with Crippen LogP contribution in [0.1, 0.15) is 23.6 Å². The van der Waals surface area contributed by atoms with Crippen molar-refractivity contribution in [2.24, 2.45) is 0 Å². The fourth-order valence-corrected chi connectivity index (χ4v) is 2.77. The predicted molar refractivity (Wildman–Crippen MR) is 81.3 cm³/mol. The maximum absolute atomic E-state index is 11.8. The molecule has 0 radical (unpaired) electrons. The van der Waals surface area contributed by atoms with Gasteiger partial charge in [0.2, 0.25) is 0 Å². The molecular weight excluding hydrogens is 272 g/mol. The lowest BCUT2D eigenvalue weighted by Crippen LogP contribution is -2.35. The molecule has 0 fully saturated rings. The second kappa shape index (κ2) is 5.68. The van der Waals surface area contributed by atoms with Gasteiger partial charge in [0.1, 0.15) is 0 Å². The van der Waals surface area contributed by atoms with Crippen molar-refractivity contribution in [3.63, 3.8) is 0 Å². The number of rotatable bonds is 4. The SMILES string of the molecule is Cc1cccc(CC(C)(C(=O)O)c2ccccc2Cl)c1. The van der Waals surface area contributed by atoms with E-state index in [4.69, 9.17) is 11.6 Å². The lowest BCUT2D eigenvalue weighted by molar-refractivity contribution is -0.143. The number of hydrogen-bond donors (Lipinski definition) is 1. The Morgan fingerprint density at radius 3 is 2.50 bits per heavy atom. The summed E-state index contributed by atoms with van der Waals surface area (Å²) in [6.45, 7) is 3.72. The third kappa shape index (κ3) is 2.86. The first-order valence-corrected chi connectivity index (χ1v) is 6.85. The van der Waals surface area contributed by atoms with Crippen molar-refractivity contribution in [2.45, 2.75) is 25.7 Å². The molecule has 0 saturated carbocycles. The average Bonchev–Trinajstić information content (AvgIpc) is 2.38. The molecule has 2 aromatic rings. The van der Waals surface area contributed by atoms with Crippen LogP contribution in [0.4, 0.5) is 0 Å². The molecule has 2 rings (SSSR count). The van der Waals surface area contributed by atoms with E-state index in [0.29, 0.717) is 17.0 Å². The topological polar surface area (TPSA) is 37.3 Å². The Labute approximate surface area is 124 Å². The third-order valence-electron chi connectivity index (χ3n) is 3.58. The monoisotopic (exact) mass is 288 g/mol. The van der Waals surface area contributed by atoms with Crippen LogP contribution in [0.15, 0.2) is 48.5 Å². The van der Waals surface area contributed by atoms with Gasteiger partial charge in [0.25, 0.3) is 0 Å². The van der Waals surface area contributed by atoms with Crippen LogP contribution in [0.2, 0.25) is 5.02 Å². The molecule has 0 spiro atoms. The molecule has 1 N–H and O–H groups in total. The maximum Gasteiger partial charge on any atom is 0.314 e. The van der Waals surface area contributed by atoms with Crippen LogP contribution in [0.3, 0.4) is 0 Å². The van der Waals surface area contributed by atoms with E-state index in [1.54, 1.807) is 25.1 Å². The largest absolute Gasteiger partial charge is 0.481 e. The van der Waals surface area contributed by atoms with Gasteiger partial charge >= 0.3 is 5.97 Å². The third-order valence-corrected chi connectivity index (χ3v) is 3.91. The highest BCUT2D eigenvalue weighted by molar-refractivity contribution is 6.31. The van der Waals surface area contributed by atoms with Crippen molar-refractivity contribution in [2.75, 3.05) is 0 Å². The van der Waals surface area contributed by atoms with Gasteiger partial charge in [-0.15, -0.1) is 0 Å². The Morgan fingerprint density at radius 2 is 1.90 bits per heavy atom. The fraction of sp³-hybridized carbons (Fsp3) is 0.235. The molecule has 2 nitrogen and oxygen atoms in total. The quantitative estimate of drug-likeness (QED) is 0.914. The maximum atomic E-state index is 11.8. The minimum Gasteiger partial charge on any atom is -0.481 e. The molecule has 20 heavy (non-hydrogen) atoms. The molecule has 0 aliphatic heterocycles. The van der Waals surface area contributed by atoms with Crippen LogP contribution in [-0.2, 0) is 16.6 Å². The molecule has 2 aromatic carbocycles. The summed E-state index contributed by atoms with van der Waals surface area (Å²) in [5.41, 5.74) is 1.73. The lowest BCUT2D eigenvalue weighted by Gasteiger charge is -2.26. The molecule has 0 aromatic heterocycles. The molecule has 1 atom stereocenters. The van der Waals surface area contributed by atoms with Crippen molar-refractivity contribution in [3.05, 3.63) is 70.2 Å². The first-order chi connectivity index (χ1) is 9.43. The molecule has 0 bridgehead atoms. The Kier molecular flexibility index (Phi) is 4.15. The van der Waals surface area contributed by atoms with E-state index in [0.717, 1.165) is 11.1 Å². The van der Waals surface area contributed by atoms with E-state index in [2.05, 4.69) is 0 Å². The Morgan fingerprint density at radius 1 is 1.20 bits per heavy atom. The van der Waals surface area contributed by atoms with Crippen molar-refractivity contribution < 1.29 is 9.90 Å². The summed E-state index contributed by atoms with van der Waals surface area (Å²) in [7, 11) is 0. The predicted octanol–water partition coefficient (Wildman–Crippen LogP) is 4.23. The average molecular weight is 289 g/mol. The van der Waals surface area contributed by atoms with Gasteiger partial charge in [-0.3, -0.25) is 4.79 Å². The number of hydrogen-bond acceptors (Lipinski definition) is 1. The van der Waals surface area contributed by atoms with Gasteiger partial charge in [-0.2, -0.15) is 0 Å². The van der Waals surface area contributed by atoms with Crippen LogP contribution in [0.25, 0.3) is 0 Å². The number of aryl methyl sites for hydroxylation is 1. The van der Waals surface area contributed by atoms with E-state index in [1.165, 1.54) is 0 Å². The van der Waals surface area contributed by atoms with Crippen LogP contribution in [-0.4, -0.2) is 11.1 Å².